The van der Waals surface area contributed by atoms with Crippen LogP contribution in [0.5, 0.6) is 0 Å². The number of benzene rings is 1. The minimum atomic E-state index is -0.0466. The summed E-state index contributed by atoms with van der Waals surface area (Å²) in [5.74, 6) is 1.06. The highest BCUT2D eigenvalue weighted by Crippen LogP contribution is 2.30. The highest BCUT2D eigenvalue weighted by molar-refractivity contribution is 5.85. The second-order valence-electron chi connectivity index (χ2n) is 7.79. The van der Waals surface area contributed by atoms with E-state index in [1.807, 2.05) is 6.07 Å². The van der Waals surface area contributed by atoms with Gasteiger partial charge in [0.05, 0.1) is 0 Å². The van der Waals surface area contributed by atoms with E-state index in [0.29, 0.717) is 0 Å². The lowest BCUT2D eigenvalue weighted by molar-refractivity contribution is 0.628. The average molecular weight is 333 g/mol. The van der Waals surface area contributed by atoms with Gasteiger partial charge in [0.25, 0.3) is 0 Å². The van der Waals surface area contributed by atoms with Gasteiger partial charge in [0.2, 0.25) is 0 Å². The number of imidazole rings is 1. The SMILES string of the molecule is C/C(=C\c1ccccc1)c1nc2cc(C)cc(C)n2c1NC(C)(C)C. The van der Waals surface area contributed by atoms with Gasteiger partial charge >= 0.3 is 0 Å². The highest BCUT2D eigenvalue weighted by Gasteiger charge is 2.20. The molecule has 130 valence electrons. The summed E-state index contributed by atoms with van der Waals surface area (Å²) in [6, 6.07) is 14.7. The largest absolute Gasteiger partial charge is 0.365 e. The van der Waals surface area contributed by atoms with E-state index in [0.717, 1.165) is 22.7 Å². The van der Waals surface area contributed by atoms with Crippen molar-refractivity contribution in [1.29, 1.82) is 0 Å². The van der Waals surface area contributed by atoms with Gasteiger partial charge in [-0.2, -0.15) is 0 Å². The van der Waals surface area contributed by atoms with Gasteiger partial charge < -0.3 is 5.32 Å². The van der Waals surface area contributed by atoms with Crippen molar-refractivity contribution in [2.75, 3.05) is 5.32 Å². The van der Waals surface area contributed by atoms with Crippen LogP contribution in [0.4, 0.5) is 5.82 Å². The fraction of sp³-hybridized carbons (Fsp3) is 0.318. The first kappa shape index (κ1) is 17.3. The fourth-order valence-corrected chi connectivity index (χ4v) is 3.14. The Morgan fingerprint density at radius 1 is 1.08 bits per heavy atom. The van der Waals surface area contributed by atoms with Gasteiger partial charge in [0.15, 0.2) is 0 Å². The standard InChI is InChI=1S/C22H27N3/c1-15-12-17(3)25-19(13-15)23-20(21(25)24-22(4,5)6)16(2)14-18-10-8-7-9-11-18/h7-14,24H,1-6H3/b16-14+. The zero-order valence-electron chi connectivity index (χ0n) is 16.0. The molecule has 0 unspecified atom stereocenters. The summed E-state index contributed by atoms with van der Waals surface area (Å²) in [7, 11) is 0. The molecule has 0 saturated heterocycles. The monoisotopic (exact) mass is 333 g/mol. The van der Waals surface area contributed by atoms with Crippen LogP contribution in [-0.2, 0) is 0 Å². The Bertz CT molecular complexity index is 925. The molecule has 0 bridgehead atoms. The number of rotatable bonds is 3. The third kappa shape index (κ3) is 3.76. The van der Waals surface area contributed by atoms with Crippen LogP contribution in [0.2, 0.25) is 0 Å². The number of aromatic nitrogens is 2. The summed E-state index contributed by atoms with van der Waals surface area (Å²) in [6.45, 7) is 12.9. The molecular weight excluding hydrogens is 306 g/mol. The average Bonchev–Trinajstić information content (AvgIpc) is 2.85. The van der Waals surface area contributed by atoms with Crippen molar-refractivity contribution < 1.29 is 0 Å². The van der Waals surface area contributed by atoms with Gasteiger partial charge in [0, 0.05) is 11.2 Å². The minimum Gasteiger partial charge on any atom is -0.365 e. The van der Waals surface area contributed by atoms with Crippen LogP contribution >= 0.6 is 0 Å². The van der Waals surface area contributed by atoms with Crippen LogP contribution in [0.1, 0.15) is 50.2 Å². The summed E-state index contributed by atoms with van der Waals surface area (Å²) in [5.41, 5.74) is 6.70. The van der Waals surface area contributed by atoms with E-state index >= 15 is 0 Å². The van der Waals surface area contributed by atoms with Crippen LogP contribution in [0.3, 0.4) is 0 Å². The lowest BCUT2D eigenvalue weighted by Crippen LogP contribution is -2.27. The van der Waals surface area contributed by atoms with Gasteiger partial charge in [-0.25, -0.2) is 4.98 Å². The van der Waals surface area contributed by atoms with Crippen LogP contribution in [-0.4, -0.2) is 14.9 Å². The first-order valence-corrected chi connectivity index (χ1v) is 8.76. The topological polar surface area (TPSA) is 29.3 Å². The van der Waals surface area contributed by atoms with Gasteiger partial charge in [-0.1, -0.05) is 30.3 Å². The lowest BCUT2D eigenvalue weighted by atomic mass is 10.1. The van der Waals surface area contributed by atoms with E-state index in [2.05, 4.69) is 93.7 Å². The second-order valence-corrected chi connectivity index (χ2v) is 7.79. The third-order valence-corrected chi connectivity index (χ3v) is 4.10. The number of fused-ring (bicyclic) bond motifs is 1. The number of pyridine rings is 1. The van der Waals surface area contributed by atoms with Crippen molar-refractivity contribution in [2.45, 2.75) is 47.1 Å². The Balaban J connectivity index is 2.21. The number of nitrogens with zero attached hydrogens (tertiary/aromatic N) is 2. The smallest absolute Gasteiger partial charge is 0.139 e. The highest BCUT2D eigenvalue weighted by atomic mass is 15.2. The maximum absolute atomic E-state index is 4.95. The van der Waals surface area contributed by atoms with Crippen molar-refractivity contribution in [3.8, 4) is 0 Å². The van der Waals surface area contributed by atoms with Gasteiger partial charge in [-0.3, -0.25) is 4.40 Å². The summed E-state index contributed by atoms with van der Waals surface area (Å²) in [5, 5.41) is 3.66. The summed E-state index contributed by atoms with van der Waals surface area (Å²) in [4.78, 5) is 4.95. The molecular formula is C22H27N3. The molecule has 3 aromatic rings. The molecule has 0 spiro atoms. The molecule has 0 fully saturated rings. The Kier molecular flexibility index (Phi) is 4.42. The number of aryl methyl sites for hydroxylation is 2. The van der Waals surface area contributed by atoms with Crippen LogP contribution in [0, 0.1) is 13.8 Å². The van der Waals surface area contributed by atoms with E-state index < -0.39 is 0 Å². The molecule has 3 heteroatoms. The number of allylic oxidation sites excluding steroid dienone is 1. The number of nitrogens with one attached hydrogen (secondary N) is 1. The van der Waals surface area contributed by atoms with Gasteiger partial charge in [-0.15, -0.1) is 0 Å². The number of hydrogen-bond acceptors (Lipinski definition) is 2. The molecule has 25 heavy (non-hydrogen) atoms. The molecule has 1 N–H and O–H groups in total. The molecule has 3 rings (SSSR count). The van der Waals surface area contributed by atoms with E-state index in [1.54, 1.807) is 0 Å². The predicted octanol–water partition coefficient (Wildman–Crippen LogP) is 5.72. The van der Waals surface area contributed by atoms with E-state index in [9.17, 15) is 0 Å². The van der Waals surface area contributed by atoms with E-state index in [1.165, 1.54) is 16.8 Å². The zero-order chi connectivity index (χ0) is 18.2. The van der Waals surface area contributed by atoms with Gasteiger partial charge in [-0.05, 0) is 76.5 Å². The van der Waals surface area contributed by atoms with E-state index in [-0.39, 0.29) is 5.54 Å². The van der Waals surface area contributed by atoms with Crippen LogP contribution in [0.15, 0.2) is 42.5 Å². The van der Waals surface area contributed by atoms with E-state index in [4.69, 9.17) is 4.98 Å². The Hall–Kier alpha value is -2.55. The third-order valence-electron chi connectivity index (χ3n) is 4.10. The zero-order valence-corrected chi connectivity index (χ0v) is 16.0. The Labute approximate surface area is 150 Å². The van der Waals surface area contributed by atoms with Crippen molar-refractivity contribution in [3.63, 3.8) is 0 Å². The Morgan fingerprint density at radius 2 is 1.76 bits per heavy atom. The molecule has 0 aliphatic heterocycles. The van der Waals surface area contributed by atoms with Crippen LogP contribution < -0.4 is 5.32 Å². The molecule has 1 aromatic carbocycles. The molecule has 3 nitrogen and oxygen atoms in total. The fourth-order valence-electron chi connectivity index (χ4n) is 3.14. The molecule has 0 amide bonds. The molecule has 0 aliphatic rings. The molecule has 0 radical (unpaired) electrons. The first-order valence-electron chi connectivity index (χ1n) is 8.76. The van der Waals surface area contributed by atoms with Crippen LogP contribution in [0.25, 0.3) is 17.3 Å². The quantitative estimate of drug-likeness (QED) is 0.664. The molecule has 2 heterocycles. The predicted molar refractivity (Wildman–Crippen MR) is 108 cm³/mol. The molecule has 0 atom stereocenters. The number of anilines is 1. The lowest BCUT2D eigenvalue weighted by Gasteiger charge is -2.23. The minimum absolute atomic E-state index is 0.0466. The van der Waals surface area contributed by atoms with Crippen molar-refractivity contribution >= 4 is 23.1 Å². The normalized spacial score (nSPS) is 12.6. The maximum Gasteiger partial charge on any atom is 0.139 e. The summed E-state index contributed by atoms with van der Waals surface area (Å²) < 4.78 is 2.22. The Morgan fingerprint density at radius 3 is 2.40 bits per heavy atom. The van der Waals surface area contributed by atoms with Crippen molar-refractivity contribution in [3.05, 3.63) is 65.0 Å². The summed E-state index contributed by atoms with van der Waals surface area (Å²) >= 11 is 0. The van der Waals surface area contributed by atoms with Gasteiger partial charge in [0.1, 0.15) is 17.2 Å². The number of hydrogen-bond donors (Lipinski definition) is 1. The van der Waals surface area contributed by atoms with Crippen molar-refractivity contribution in [1.82, 2.24) is 9.38 Å². The molecule has 0 saturated carbocycles. The second kappa shape index (κ2) is 6.40. The van der Waals surface area contributed by atoms with Crippen molar-refractivity contribution in [2.24, 2.45) is 0 Å². The molecule has 2 aromatic heterocycles. The molecule has 0 aliphatic carbocycles. The summed E-state index contributed by atoms with van der Waals surface area (Å²) in [6.07, 6.45) is 2.19. The first-order chi connectivity index (χ1) is 11.7. The maximum atomic E-state index is 4.95.